The molecule has 4 fully saturated rings. The Morgan fingerprint density at radius 2 is 1.97 bits per heavy atom. The summed E-state index contributed by atoms with van der Waals surface area (Å²) in [7, 11) is 1.60. The van der Waals surface area contributed by atoms with Crippen LogP contribution in [0.15, 0.2) is 12.3 Å². The number of carbonyl (C=O) groups is 2. The molecule has 1 aromatic heterocycles. The van der Waals surface area contributed by atoms with E-state index in [1.54, 1.807) is 18.2 Å². The summed E-state index contributed by atoms with van der Waals surface area (Å²) in [5, 5.41) is 9.83. The van der Waals surface area contributed by atoms with E-state index in [1.807, 2.05) is 6.07 Å². The highest BCUT2D eigenvalue weighted by molar-refractivity contribution is 5.90. The third-order valence-corrected chi connectivity index (χ3v) is 7.64. The van der Waals surface area contributed by atoms with Gasteiger partial charge >= 0.3 is 6.09 Å². The number of carbonyl (C=O) groups excluding carboxylic acids is 2. The van der Waals surface area contributed by atoms with Crippen LogP contribution in [0.4, 0.5) is 16.3 Å². The van der Waals surface area contributed by atoms with Crippen LogP contribution >= 0.6 is 0 Å². The summed E-state index contributed by atoms with van der Waals surface area (Å²) in [6.45, 7) is 3.12. The van der Waals surface area contributed by atoms with Gasteiger partial charge in [-0.05, 0) is 44.9 Å². The average Bonchev–Trinajstić information content (AvgIpc) is 3.37. The van der Waals surface area contributed by atoms with Gasteiger partial charge in [0.15, 0.2) is 11.6 Å². The summed E-state index contributed by atoms with van der Waals surface area (Å²) < 4.78 is 10.7. The fraction of sp³-hybridized carbons (Fsp3) is 0.696. The molecule has 4 aliphatic rings. The van der Waals surface area contributed by atoms with Crippen LogP contribution in [0.5, 0.6) is 5.75 Å². The summed E-state index contributed by atoms with van der Waals surface area (Å²) >= 11 is 0. The Morgan fingerprint density at radius 1 is 1.16 bits per heavy atom. The number of likely N-dealkylation sites (tertiary alicyclic amines) is 1. The Labute approximate surface area is 188 Å². The van der Waals surface area contributed by atoms with Gasteiger partial charge in [0.05, 0.1) is 37.1 Å². The number of aliphatic hydroxyl groups is 1. The molecule has 3 saturated heterocycles. The van der Waals surface area contributed by atoms with Gasteiger partial charge in [0.2, 0.25) is 5.91 Å². The molecule has 0 radical (unpaired) electrons. The Morgan fingerprint density at radius 3 is 2.69 bits per heavy atom. The first-order chi connectivity index (χ1) is 15.5. The smallest absolute Gasteiger partial charge is 0.414 e. The van der Waals surface area contributed by atoms with Crippen molar-refractivity contribution in [2.75, 3.05) is 49.7 Å². The van der Waals surface area contributed by atoms with Crippen LogP contribution in [-0.4, -0.2) is 79.0 Å². The maximum absolute atomic E-state index is 13.6. The minimum atomic E-state index is -0.377. The molecule has 2 amide bonds. The Hall–Kier alpha value is -2.55. The quantitative estimate of drug-likeness (QED) is 0.760. The van der Waals surface area contributed by atoms with Crippen LogP contribution < -0.4 is 14.5 Å². The number of cyclic esters (lactones) is 1. The van der Waals surface area contributed by atoms with Crippen LogP contribution in [0.2, 0.25) is 0 Å². The largest absolute Gasteiger partial charge is 0.493 e. The molecule has 1 aliphatic carbocycles. The zero-order valence-electron chi connectivity index (χ0n) is 18.7. The van der Waals surface area contributed by atoms with Crippen molar-refractivity contribution in [3.05, 3.63) is 12.3 Å². The monoisotopic (exact) mass is 444 g/mol. The summed E-state index contributed by atoms with van der Waals surface area (Å²) in [6.07, 6.45) is 7.13. The van der Waals surface area contributed by atoms with Gasteiger partial charge in [-0.25, -0.2) is 9.78 Å². The molecule has 0 aromatic carbocycles. The van der Waals surface area contributed by atoms with E-state index >= 15 is 0 Å². The highest BCUT2D eigenvalue weighted by atomic mass is 16.6. The molecular formula is C23H32N4O5. The van der Waals surface area contributed by atoms with Gasteiger partial charge in [-0.15, -0.1) is 0 Å². The molecule has 32 heavy (non-hydrogen) atoms. The summed E-state index contributed by atoms with van der Waals surface area (Å²) in [6, 6.07) is 2.08. The maximum atomic E-state index is 13.6. The highest BCUT2D eigenvalue weighted by Crippen LogP contribution is 2.44. The normalized spacial score (nSPS) is 30.9. The number of aliphatic hydroxyl groups excluding tert-OH is 1. The molecule has 1 spiro atoms. The lowest BCUT2D eigenvalue weighted by Gasteiger charge is -2.41. The second-order valence-corrected chi connectivity index (χ2v) is 9.50. The maximum Gasteiger partial charge on any atom is 0.414 e. The van der Waals surface area contributed by atoms with E-state index < -0.39 is 0 Å². The molecule has 3 aliphatic heterocycles. The van der Waals surface area contributed by atoms with Gasteiger partial charge in [0, 0.05) is 31.7 Å². The minimum Gasteiger partial charge on any atom is -0.493 e. The van der Waals surface area contributed by atoms with Gasteiger partial charge in [0.25, 0.3) is 0 Å². The molecule has 1 aromatic rings. The van der Waals surface area contributed by atoms with Crippen molar-refractivity contribution in [1.82, 2.24) is 9.88 Å². The van der Waals surface area contributed by atoms with Crippen LogP contribution in [-0.2, 0) is 9.53 Å². The lowest BCUT2D eigenvalue weighted by atomic mass is 9.78. The molecule has 9 nitrogen and oxygen atoms in total. The summed E-state index contributed by atoms with van der Waals surface area (Å²) in [4.78, 5) is 36.0. The zero-order valence-corrected chi connectivity index (χ0v) is 18.7. The van der Waals surface area contributed by atoms with E-state index in [9.17, 15) is 14.7 Å². The second kappa shape index (κ2) is 8.42. The number of ether oxygens (including phenoxy) is 2. The number of amides is 2. The highest BCUT2D eigenvalue weighted by Gasteiger charge is 2.51. The van der Waals surface area contributed by atoms with E-state index in [0.29, 0.717) is 31.1 Å². The lowest BCUT2D eigenvalue weighted by molar-refractivity contribution is -0.139. The van der Waals surface area contributed by atoms with Crippen molar-refractivity contribution < 1.29 is 24.2 Å². The Kier molecular flexibility index (Phi) is 5.61. The number of nitrogens with zero attached hydrogens (tertiary/aromatic N) is 4. The minimum absolute atomic E-state index is 0.216. The molecule has 5 rings (SSSR count). The van der Waals surface area contributed by atoms with Crippen molar-refractivity contribution in [3.63, 3.8) is 0 Å². The van der Waals surface area contributed by atoms with Crippen molar-refractivity contribution >= 4 is 23.5 Å². The van der Waals surface area contributed by atoms with E-state index in [1.165, 1.54) is 0 Å². The Bertz CT molecular complexity index is 887. The van der Waals surface area contributed by atoms with Crippen LogP contribution in [0.3, 0.4) is 0 Å². The molecular weight excluding hydrogens is 412 g/mol. The number of piperidine rings is 1. The SMILES string of the molecule is COc1cc(N2CCOC2=O)cnc1N1CCC[C@]2(CCN([C@H]3CC[C@@H](O)CC3)C2=O)C1. The van der Waals surface area contributed by atoms with Crippen LogP contribution in [0.25, 0.3) is 0 Å². The number of rotatable bonds is 4. The van der Waals surface area contributed by atoms with Crippen molar-refractivity contribution in [1.29, 1.82) is 0 Å². The summed E-state index contributed by atoms with van der Waals surface area (Å²) in [5.74, 6) is 1.58. The van der Waals surface area contributed by atoms with Crippen LogP contribution in [0, 0.1) is 5.41 Å². The van der Waals surface area contributed by atoms with Gasteiger partial charge in [-0.2, -0.15) is 0 Å². The molecule has 1 atom stereocenters. The number of pyridine rings is 1. The van der Waals surface area contributed by atoms with E-state index in [-0.39, 0.29) is 29.6 Å². The number of methoxy groups -OCH3 is 1. The lowest BCUT2D eigenvalue weighted by Crippen LogP contribution is -2.50. The van der Waals surface area contributed by atoms with Crippen LogP contribution in [0.1, 0.15) is 44.9 Å². The molecule has 4 heterocycles. The van der Waals surface area contributed by atoms with Gasteiger partial charge in [0.1, 0.15) is 6.61 Å². The van der Waals surface area contributed by atoms with E-state index in [0.717, 1.165) is 63.9 Å². The molecule has 174 valence electrons. The van der Waals surface area contributed by atoms with Gasteiger partial charge < -0.3 is 24.4 Å². The molecule has 0 bridgehead atoms. The number of hydrogen-bond donors (Lipinski definition) is 1. The van der Waals surface area contributed by atoms with Gasteiger partial charge in [-0.1, -0.05) is 0 Å². The molecule has 1 saturated carbocycles. The van der Waals surface area contributed by atoms with Gasteiger partial charge in [-0.3, -0.25) is 9.69 Å². The topological polar surface area (TPSA) is 95.4 Å². The zero-order chi connectivity index (χ0) is 22.3. The molecule has 9 heteroatoms. The van der Waals surface area contributed by atoms with E-state index in [4.69, 9.17) is 9.47 Å². The fourth-order valence-electron chi connectivity index (χ4n) is 5.85. The number of hydrogen-bond acceptors (Lipinski definition) is 7. The summed E-state index contributed by atoms with van der Waals surface area (Å²) in [5.41, 5.74) is 0.278. The average molecular weight is 445 g/mol. The predicted molar refractivity (Wildman–Crippen MR) is 118 cm³/mol. The predicted octanol–water partition coefficient (Wildman–Crippen LogP) is 2.17. The standard InChI is InChI=1S/C23H32N4O5/c1-31-19-13-17(27-11-12-32-22(27)30)14-24-20(19)25-9-2-7-23(15-25)8-10-26(21(23)29)16-3-5-18(28)6-4-16/h13-14,16,18,28H,2-12,15H2,1H3/t16-,18+,23-/m0/s1. The Balaban J connectivity index is 1.34. The van der Waals surface area contributed by atoms with E-state index in [2.05, 4.69) is 14.8 Å². The van der Waals surface area contributed by atoms with Crippen molar-refractivity contribution in [2.24, 2.45) is 5.41 Å². The third-order valence-electron chi connectivity index (χ3n) is 7.64. The van der Waals surface area contributed by atoms with Crippen molar-refractivity contribution in [2.45, 2.75) is 57.1 Å². The number of anilines is 2. The molecule has 0 unspecified atom stereocenters. The third kappa shape index (κ3) is 3.66. The number of aromatic nitrogens is 1. The first kappa shape index (κ1) is 21.3. The van der Waals surface area contributed by atoms with Crippen molar-refractivity contribution in [3.8, 4) is 5.75 Å². The fourth-order valence-corrected chi connectivity index (χ4v) is 5.85. The first-order valence-electron chi connectivity index (χ1n) is 11.7. The second-order valence-electron chi connectivity index (χ2n) is 9.50. The molecule has 1 N–H and O–H groups in total. The first-order valence-corrected chi connectivity index (χ1v) is 11.7.